The number of rotatable bonds is 9. The van der Waals surface area contributed by atoms with E-state index in [1.54, 1.807) is 12.1 Å². The van der Waals surface area contributed by atoms with E-state index in [0.717, 1.165) is 19.1 Å². The quantitative estimate of drug-likeness (QED) is 0.589. The first kappa shape index (κ1) is 21.5. The van der Waals surface area contributed by atoms with Gasteiger partial charge in [0.25, 0.3) is 0 Å². The van der Waals surface area contributed by atoms with Crippen LogP contribution >= 0.6 is 0 Å². The maximum Gasteiger partial charge on any atom is 0.243 e. The van der Waals surface area contributed by atoms with Crippen molar-refractivity contribution in [1.29, 1.82) is 0 Å². The van der Waals surface area contributed by atoms with Crippen LogP contribution in [-0.4, -0.2) is 33.9 Å². The average molecular weight is 414 g/mol. The van der Waals surface area contributed by atoms with Crippen LogP contribution in [0.5, 0.6) is 0 Å². The lowest BCUT2D eigenvalue weighted by Crippen LogP contribution is -2.31. The Morgan fingerprint density at radius 2 is 1.41 bits per heavy atom. The molecule has 0 aliphatic carbocycles. The van der Waals surface area contributed by atoms with Gasteiger partial charge in [0.15, 0.2) is 9.84 Å². The number of hydrogen-bond donors (Lipinski definition) is 0. The van der Waals surface area contributed by atoms with Gasteiger partial charge in [-0.1, -0.05) is 31.9 Å². The summed E-state index contributed by atoms with van der Waals surface area (Å²) in [5.41, 5.74) is 0.684. The molecule has 0 aliphatic rings. The second-order valence-corrected chi connectivity index (χ2v) is 10.4. The Morgan fingerprint density at radius 3 is 1.93 bits per heavy atom. The number of benzene rings is 2. The van der Waals surface area contributed by atoms with E-state index >= 15 is 0 Å². The molecule has 0 amide bonds. The Balaban J connectivity index is 2.32. The third kappa shape index (κ3) is 5.85. The predicted octanol–water partition coefficient (Wildman–Crippen LogP) is 3.61. The molecule has 0 aromatic heterocycles. The zero-order valence-corrected chi connectivity index (χ0v) is 17.1. The van der Waals surface area contributed by atoms with Crippen LogP contribution in [0.25, 0.3) is 0 Å². The van der Waals surface area contributed by atoms with Crippen LogP contribution in [0.4, 0.5) is 4.39 Å². The van der Waals surface area contributed by atoms with Crippen molar-refractivity contribution in [2.24, 2.45) is 0 Å². The fraction of sp³-hybridized carbons (Fsp3) is 0.368. The Kier molecular flexibility index (Phi) is 7.13. The molecule has 8 heteroatoms. The molecule has 0 radical (unpaired) electrons. The summed E-state index contributed by atoms with van der Waals surface area (Å²) in [6.07, 6.45) is 3.62. The lowest BCUT2D eigenvalue weighted by Gasteiger charge is -2.22. The van der Waals surface area contributed by atoms with Crippen LogP contribution in [-0.2, 0) is 26.4 Å². The van der Waals surface area contributed by atoms with Gasteiger partial charge in [-0.15, -0.1) is 0 Å². The minimum absolute atomic E-state index is 0.0357. The van der Waals surface area contributed by atoms with E-state index in [4.69, 9.17) is 0 Å². The molecule has 27 heavy (non-hydrogen) atoms. The van der Waals surface area contributed by atoms with E-state index in [0.29, 0.717) is 18.5 Å². The van der Waals surface area contributed by atoms with Crippen LogP contribution in [0, 0.1) is 5.82 Å². The van der Waals surface area contributed by atoms with Crippen molar-refractivity contribution in [3.8, 4) is 0 Å². The van der Waals surface area contributed by atoms with Gasteiger partial charge in [-0.2, -0.15) is 4.31 Å². The van der Waals surface area contributed by atoms with Gasteiger partial charge < -0.3 is 0 Å². The summed E-state index contributed by atoms with van der Waals surface area (Å²) in [5.74, 6) is -0.379. The summed E-state index contributed by atoms with van der Waals surface area (Å²) in [5, 5.41) is 0. The van der Waals surface area contributed by atoms with Gasteiger partial charge in [-0.05, 0) is 48.4 Å². The summed E-state index contributed by atoms with van der Waals surface area (Å²) < 4.78 is 63.8. The largest absolute Gasteiger partial charge is 0.243 e. The molecule has 0 N–H and O–H groups in total. The molecule has 0 unspecified atom stereocenters. The van der Waals surface area contributed by atoms with Crippen LogP contribution in [0.3, 0.4) is 0 Å². The van der Waals surface area contributed by atoms with E-state index < -0.39 is 19.9 Å². The normalized spacial score (nSPS) is 12.4. The van der Waals surface area contributed by atoms with Gasteiger partial charge in [0.2, 0.25) is 10.0 Å². The molecule has 0 saturated carbocycles. The van der Waals surface area contributed by atoms with Crippen molar-refractivity contribution in [2.75, 3.05) is 12.8 Å². The smallest absolute Gasteiger partial charge is 0.224 e. The van der Waals surface area contributed by atoms with Gasteiger partial charge in [0.05, 0.1) is 9.79 Å². The fourth-order valence-electron chi connectivity index (χ4n) is 2.62. The standard InChI is InChI=1S/C19H24FNO4S2/c1-3-4-5-14-21(15-16-6-8-17(20)9-7-16)27(24,25)19-12-10-18(11-13-19)26(2,22)23/h6-13H,3-5,14-15H2,1-2H3. The first-order valence-corrected chi connectivity index (χ1v) is 12.0. The van der Waals surface area contributed by atoms with Crippen LogP contribution < -0.4 is 0 Å². The molecule has 0 bridgehead atoms. The molecule has 0 fully saturated rings. The van der Waals surface area contributed by atoms with E-state index in [1.807, 2.05) is 6.92 Å². The average Bonchev–Trinajstić information content (AvgIpc) is 2.62. The van der Waals surface area contributed by atoms with E-state index in [9.17, 15) is 21.2 Å². The molecule has 5 nitrogen and oxygen atoms in total. The molecule has 2 rings (SSSR count). The zero-order valence-electron chi connectivity index (χ0n) is 15.4. The van der Waals surface area contributed by atoms with Gasteiger partial charge >= 0.3 is 0 Å². The first-order valence-electron chi connectivity index (χ1n) is 8.69. The van der Waals surface area contributed by atoms with E-state index in [1.165, 1.54) is 40.7 Å². The summed E-state index contributed by atoms with van der Waals surface area (Å²) in [7, 11) is -7.21. The number of hydrogen-bond acceptors (Lipinski definition) is 4. The molecule has 2 aromatic carbocycles. The van der Waals surface area contributed by atoms with Crippen LogP contribution in [0.2, 0.25) is 0 Å². The summed E-state index contributed by atoms with van der Waals surface area (Å²) in [6.45, 7) is 2.49. The van der Waals surface area contributed by atoms with Gasteiger partial charge in [-0.3, -0.25) is 0 Å². The van der Waals surface area contributed by atoms with Gasteiger partial charge in [0.1, 0.15) is 5.82 Å². The summed E-state index contributed by atoms with van der Waals surface area (Å²) >= 11 is 0. The highest BCUT2D eigenvalue weighted by molar-refractivity contribution is 7.90. The van der Waals surface area contributed by atoms with Crippen molar-refractivity contribution < 1.29 is 21.2 Å². The first-order chi connectivity index (χ1) is 12.6. The number of nitrogens with zero attached hydrogens (tertiary/aromatic N) is 1. The fourth-order valence-corrected chi connectivity index (χ4v) is 4.72. The predicted molar refractivity (Wildman–Crippen MR) is 103 cm³/mol. The monoisotopic (exact) mass is 413 g/mol. The minimum Gasteiger partial charge on any atom is -0.224 e. The number of unbranched alkanes of at least 4 members (excludes halogenated alkanes) is 2. The Hall–Kier alpha value is -1.77. The minimum atomic E-state index is -3.81. The Morgan fingerprint density at radius 1 is 0.852 bits per heavy atom. The molecule has 0 saturated heterocycles. The van der Waals surface area contributed by atoms with Crippen molar-refractivity contribution >= 4 is 19.9 Å². The molecule has 2 aromatic rings. The van der Waals surface area contributed by atoms with Gasteiger partial charge in [-0.25, -0.2) is 21.2 Å². The molecule has 0 heterocycles. The Bertz CT molecular complexity index is 954. The van der Waals surface area contributed by atoms with Crippen molar-refractivity contribution in [3.05, 3.63) is 59.9 Å². The maximum atomic E-state index is 13.1. The van der Waals surface area contributed by atoms with Crippen LogP contribution in [0.1, 0.15) is 31.7 Å². The number of halogens is 1. The van der Waals surface area contributed by atoms with E-state index in [2.05, 4.69) is 0 Å². The van der Waals surface area contributed by atoms with Gasteiger partial charge in [0, 0.05) is 19.3 Å². The van der Waals surface area contributed by atoms with E-state index in [-0.39, 0.29) is 22.2 Å². The van der Waals surface area contributed by atoms with Crippen molar-refractivity contribution in [2.45, 2.75) is 42.5 Å². The second-order valence-electron chi connectivity index (χ2n) is 6.42. The number of sulfonamides is 1. The Labute approximate surface area is 160 Å². The lowest BCUT2D eigenvalue weighted by molar-refractivity contribution is 0.394. The summed E-state index contributed by atoms with van der Waals surface area (Å²) in [6, 6.07) is 10.9. The lowest BCUT2D eigenvalue weighted by atomic mass is 10.2. The molecular formula is C19H24FNO4S2. The topological polar surface area (TPSA) is 71.5 Å². The highest BCUT2D eigenvalue weighted by Crippen LogP contribution is 2.21. The third-order valence-electron chi connectivity index (χ3n) is 4.17. The summed E-state index contributed by atoms with van der Waals surface area (Å²) in [4.78, 5) is 0.103. The molecular weight excluding hydrogens is 389 g/mol. The second kappa shape index (κ2) is 8.95. The molecule has 148 valence electrons. The highest BCUT2D eigenvalue weighted by Gasteiger charge is 2.24. The van der Waals surface area contributed by atoms with Crippen molar-refractivity contribution in [3.63, 3.8) is 0 Å². The molecule has 0 aliphatic heterocycles. The highest BCUT2D eigenvalue weighted by atomic mass is 32.2. The maximum absolute atomic E-state index is 13.1. The third-order valence-corrected chi connectivity index (χ3v) is 7.16. The number of sulfone groups is 1. The molecule has 0 atom stereocenters. The van der Waals surface area contributed by atoms with Crippen molar-refractivity contribution in [1.82, 2.24) is 4.31 Å². The van der Waals surface area contributed by atoms with Crippen LogP contribution in [0.15, 0.2) is 58.3 Å². The SMILES string of the molecule is CCCCCN(Cc1ccc(F)cc1)S(=O)(=O)c1ccc(S(C)(=O)=O)cc1. The molecule has 0 spiro atoms. The zero-order chi connectivity index (χ0) is 20.1.